The lowest BCUT2D eigenvalue weighted by Gasteiger charge is -2.42. The van der Waals surface area contributed by atoms with Crippen molar-refractivity contribution in [1.29, 1.82) is 0 Å². The Morgan fingerprint density at radius 2 is 1.70 bits per heavy atom. The van der Waals surface area contributed by atoms with Gasteiger partial charge in [-0.3, -0.25) is 4.79 Å². The maximum Gasteiger partial charge on any atom is 0.344 e. The van der Waals surface area contributed by atoms with Gasteiger partial charge in [0, 0.05) is 0 Å². The summed E-state index contributed by atoms with van der Waals surface area (Å²) >= 11 is 0. The van der Waals surface area contributed by atoms with Crippen molar-refractivity contribution < 1.29 is 38.0 Å². The third kappa shape index (κ3) is 4.68. The van der Waals surface area contributed by atoms with Crippen LogP contribution in [0.25, 0.3) is 0 Å². The summed E-state index contributed by atoms with van der Waals surface area (Å²) in [5, 5.41) is 0. The van der Waals surface area contributed by atoms with E-state index in [4.69, 9.17) is 28.4 Å². The number of hydrogen-bond acceptors (Lipinski definition) is 8. The lowest BCUT2D eigenvalue weighted by molar-refractivity contribution is -0.184. The first-order valence-electron chi connectivity index (χ1n) is 12.3. The second kappa shape index (κ2) is 9.10. The van der Waals surface area contributed by atoms with Gasteiger partial charge in [0.2, 0.25) is 0 Å². The molecular formula is C25H40O8. The zero-order valence-corrected chi connectivity index (χ0v) is 20.9. The number of hydrogen-bond donors (Lipinski definition) is 0. The molecule has 4 aliphatic rings. The zero-order chi connectivity index (χ0) is 24.0. The molecule has 33 heavy (non-hydrogen) atoms. The Balaban J connectivity index is 1.21. The zero-order valence-electron chi connectivity index (χ0n) is 20.9. The van der Waals surface area contributed by atoms with E-state index < -0.39 is 36.2 Å². The SMILES string of the molecule is CCC(C)(C)C(=O)OCC(=O)OC1COC2C(OCOC3C4(C)CCC(C4)C3(C)C)COC12. The van der Waals surface area contributed by atoms with Crippen LogP contribution in [-0.4, -0.2) is 69.1 Å². The molecule has 2 saturated carbocycles. The molecule has 0 amide bonds. The highest BCUT2D eigenvalue weighted by atomic mass is 16.7. The molecule has 2 heterocycles. The van der Waals surface area contributed by atoms with Gasteiger partial charge in [-0.25, -0.2) is 4.79 Å². The van der Waals surface area contributed by atoms with Crippen LogP contribution >= 0.6 is 0 Å². The maximum absolute atomic E-state index is 12.2. The van der Waals surface area contributed by atoms with Crippen LogP contribution in [0.15, 0.2) is 0 Å². The van der Waals surface area contributed by atoms with Gasteiger partial charge < -0.3 is 28.4 Å². The van der Waals surface area contributed by atoms with Crippen LogP contribution in [0.5, 0.6) is 0 Å². The van der Waals surface area contributed by atoms with E-state index in [2.05, 4.69) is 20.8 Å². The van der Waals surface area contributed by atoms with Crippen molar-refractivity contribution in [2.45, 2.75) is 97.7 Å². The molecule has 7 unspecified atom stereocenters. The van der Waals surface area contributed by atoms with E-state index in [9.17, 15) is 9.59 Å². The first-order valence-corrected chi connectivity index (χ1v) is 12.3. The van der Waals surface area contributed by atoms with Crippen LogP contribution in [0.4, 0.5) is 0 Å². The standard InChI is InChI=1S/C25H40O8/c1-7-23(2,3)22(27)30-13-18(26)33-17-12-29-19-16(11-28-20(17)19)31-14-32-21-24(4,5)15-8-9-25(21,6)10-15/h15-17,19-21H,7-14H2,1-6H3. The van der Waals surface area contributed by atoms with E-state index in [1.165, 1.54) is 19.3 Å². The normalized spacial score (nSPS) is 39.0. The topological polar surface area (TPSA) is 89.5 Å². The number of carbonyl (C=O) groups is 2. The van der Waals surface area contributed by atoms with Crippen LogP contribution in [0.2, 0.25) is 0 Å². The van der Waals surface area contributed by atoms with E-state index in [1.807, 2.05) is 6.92 Å². The molecular weight excluding hydrogens is 428 g/mol. The summed E-state index contributed by atoms with van der Waals surface area (Å²) in [6.07, 6.45) is 3.02. The van der Waals surface area contributed by atoms with Gasteiger partial charge in [0.15, 0.2) is 12.7 Å². The fraction of sp³-hybridized carbons (Fsp3) is 0.920. The Labute approximate surface area is 196 Å². The van der Waals surface area contributed by atoms with E-state index in [-0.39, 0.29) is 42.5 Å². The van der Waals surface area contributed by atoms with Gasteiger partial charge in [-0.15, -0.1) is 0 Å². The molecule has 8 nitrogen and oxygen atoms in total. The van der Waals surface area contributed by atoms with Gasteiger partial charge in [-0.05, 0) is 56.3 Å². The summed E-state index contributed by atoms with van der Waals surface area (Å²) in [5.41, 5.74) is -0.247. The third-order valence-corrected chi connectivity index (χ3v) is 8.66. The largest absolute Gasteiger partial charge is 0.454 e. The van der Waals surface area contributed by atoms with Crippen LogP contribution in [0.1, 0.15) is 67.2 Å². The Morgan fingerprint density at radius 1 is 1.03 bits per heavy atom. The van der Waals surface area contributed by atoms with Crippen molar-refractivity contribution in [1.82, 2.24) is 0 Å². The first-order chi connectivity index (χ1) is 15.5. The van der Waals surface area contributed by atoms with Crippen molar-refractivity contribution in [2.24, 2.45) is 22.2 Å². The average Bonchev–Trinajstić information content (AvgIpc) is 3.49. The summed E-state index contributed by atoms with van der Waals surface area (Å²) in [5.74, 6) is -0.305. The van der Waals surface area contributed by atoms with Gasteiger partial charge in [0.1, 0.15) is 25.1 Å². The number of esters is 2. The van der Waals surface area contributed by atoms with Crippen molar-refractivity contribution in [3.63, 3.8) is 0 Å². The van der Waals surface area contributed by atoms with E-state index in [0.717, 1.165) is 0 Å². The Kier molecular flexibility index (Phi) is 6.86. The molecule has 188 valence electrons. The first kappa shape index (κ1) is 24.9. The molecule has 2 bridgehead atoms. The minimum Gasteiger partial charge on any atom is -0.454 e. The Bertz CT molecular complexity index is 744. The lowest BCUT2D eigenvalue weighted by Crippen LogP contribution is -2.43. The molecule has 4 fully saturated rings. The lowest BCUT2D eigenvalue weighted by atomic mass is 9.70. The summed E-state index contributed by atoms with van der Waals surface area (Å²) in [4.78, 5) is 24.3. The summed E-state index contributed by atoms with van der Waals surface area (Å²) in [6.45, 7) is 12.8. The predicted molar refractivity (Wildman–Crippen MR) is 118 cm³/mol. The summed E-state index contributed by atoms with van der Waals surface area (Å²) in [6, 6.07) is 0. The van der Waals surface area contributed by atoms with Gasteiger partial charge in [-0.2, -0.15) is 0 Å². The van der Waals surface area contributed by atoms with E-state index >= 15 is 0 Å². The second-order valence-corrected chi connectivity index (χ2v) is 11.7. The molecule has 8 heteroatoms. The molecule has 7 atom stereocenters. The smallest absolute Gasteiger partial charge is 0.344 e. The van der Waals surface area contributed by atoms with Crippen LogP contribution in [-0.2, 0) is 38.0 Å². The molecule has 0 spiro atoms. The molecule has 2 saturated heterocycles. The number of fused-ring (bicyclic) bond motifs is 3. The monoisotopic (exact) mass is 468 g/mol. The van der Waals surface area contributed by atoms with Crippen molar-refractivity contribution in [3.05, 3.63) is 0 Å². The molecule has 0 N–H and O–H groups in total. The number of ether oxygens (including phenoxy) is 6. The van der Waals surface area contributed by atoms with Gasteiger partial charge in [0.25, 0.3) is 0 Å². The van der Waals surface area contributed by atoms with Crippen molar-refractivity contribution in [3.8, 4) is 0 Å². The average molecular weight is 469 g/mol. The minimum atomic E-state index is -0.631. The maximum atomic E-state index is 12.2. The second-order valence-electron chi connectivity index (χ2n) is 11.7. The summed E-state index contributed by atoms with van der Waals surface area (Å²) < 4.78 is 34.6. The Morgan fingerprint density at radius 3 is 2.33 bits per heavy atom. The van der Waals surface area contributed by atoms with Crippen LogP contribution in [0, 0.1) is 22.2 Å². The molecule has 0 aromatic heterocycles. The molecule has 4 rings (SSSR count). The summed E-state index contributed by atoms with van der Waals surface area (Å²) in [7, 11) is 0. The minimum absolute atomic E-state index is 0.157. The van der Waals surface area contributed by atoms with Gasteiger partial charge >= 0.3 is 11.9 Å². The third-order valence-electron chi connectivity index (χ3n) is 8.66. The molecule has 0 aromatic rings. The van der Waals surface area contributed by atoms with Crippen LogP contribution in [0.3, 0.4) is 0 Å². The van der Waals surface area contributed by atoms with Crippen LogP contribution < -0.4 is 0 Å². The number of rotatable bonds is 9. The van der Waals surface area contributed by atoms with E-state index in [0.29, 0.717) is 18.9 Å². The predicted octanol–water partition coefficient (Wildman–Crippen LogP) is 3.25. The number of carbonyl (C=O) groups excluding carboxylic acids is 2. The molecule has 2 aliphatic carbocycles. The van der Waals surface area contributed by atoms with Gasteiger partial charge in [-0.1, -0.05) is 27.7 Å². The van der Waals surface area contributed by atoms with Crippen molar-refractivity contribution in [2.75, 3.05) is 26.6 Å². The van der Waals surface area contributed by atoms with E-state index in [1.54, 1.807) is 13.8 Å². The molecule has 0 radical (unpaired) electrons. The molecule has 2 aliphatic heterocycles. The van der Waals surface area contributed by atoms with Crippen molar-refractivity contribution >= 4 is 11.9 Å². The fourth-order valence-electron chi connectivity index (χ4n) is 6.21. The Hall–Kier alpha value is -1.22. The molecule has 0 aromatic carbocycles. The van der Waals surface area contributed by atoms with Gasteiger partial charge in [0.05, 0.1) is 24.7 Å². The highest BCUT2D eigenvalue weighted by molar-refractivity contribution is 5.79. The highest BCUT2D eigenvalue weighted by Crippen LogP contribution is 2.63. The highest BCUT2D eigenvalue weighted by Gasteiger charge is 2.60. The quantitative estimate of drug-likeness (QED) is 0.376. The fourth-order valence-corrected chi connectivity index (χ4v) is 6.21.